The van der Waals surface area contributed by atoms with Crippen molar-refractivity contribution in [2.24, 2.45) is 0 Å². The molecule has 0 aromatic heterocycles. The molecule has 3 rings (SSSR count). The van der Waals surface area contributed by atoms with Crippen LogP contribution in [0.25, 0.3) is 0 Å². The predicted octanol–water partition coefficient (Wildman–Crippen LogP) is 1.73. The summed E-state index contributed by atoms with van der Waals surface area (Å²) in [6.07, 6.45) is 3.25. The summed E-state index contributed by atoms with van der Waals surface area (Å²) in [5, 5.41) is 3.18. The SMILES string of the molecule is CC1(OCC(=O)N2CCCCc3ccccc32)CNC1. The van der Waals surface area contributed by atoms with Gasteiger partial charge in [0.2, 0.25) is 0 Å². The van der Waals surface area contributed by atoms with Crippen LogP contribution >= 0.6 is 0 Å². The molecule has 2 heterocycles. The van der Waals surface area contributed by atoms with E-state index in [4.69, 9.17) is 4.74 Å². The molecule has 0 spiro atoms. The summed E-state index contributed by atoms with van der Waals surface area (Å²) in [5.41, 5.74) is 2.17. The predicted molar refractivity (Wildman–Crippen MR) is 79.0 cm³/mol. The van der Waals surface area contributed by atoms with Gasteiger partial charge in [0, 0.05) is 25.3 Å². The number of para-hydroxylation sites is 1. The summed E-state index contributed by atoms with van der Waals surface area (Å²) < 4.78 is 5.78. The second-order valence-corrected chi connectivity index (χ2v) is 5.97. The molecular formula is C16H22N2O2. The maximum absolute atomic E-state index is 12.5. The molecule has 0 atom stereocenters. The number of carbonyl (C=O) groups excluding carboxylic acids is 1. The third kappa shape index (κ3) is 2.72. The molecular weight excluding hydrogens is 252 g/mol. The fourth-order valence-electron chi connectivity index (χ4n) is 2.84. The van der Waals surface area contributed by atoms with Crippen molar-refractivity contribution in [3.8, 4) is 0 Å². The van der Waals surface area contributed by atoms with E-state index in [1.165, 1.54) is 5.56 Å². The molecule has 20 heavy (non-hydrogen) atoms. The highest BCUT2D eigenvalue weighted by molar-refractivity contribution is 5.95. The van der Waals surface area contributed by atoms with Crippen molar-refractivity contribution in [2.45, 2.75) is 31.8 Å². The second-order valence-electron chi connectivity index (χ2n) is 5.97. The average molecular weight is 274 g/mol. The summed E-state index contributed by atoms with van der Waals surface area (Å²) >= 11 is 0. The van der Waals surface area contributed by atoms with E-state index in [-0.39, 0.29) is 18.1 Å². The lowest BCUT2D eigenvalue weighted by molar-refractivity contribution is -0.133. The first kappa shape index (κ1) is 13.6. The van der Waals surface area contributed by atoms with Gasteiger partial charge in [0.15, 0.2) is 0 Å². The van der Waals surface area contributed by atoms with Crippen molar-refractivity contribution in [1.82, 2.24) is 5.32 Å². The molecule has 108 valence electrons. The van der Waals surface area contributed by atoms with Gasteiger partial charge in [-0.15, -0.1) is 0 Å². The molecule has 1 saturated heterocycles. The quantitative estimate of drug-likeness (QED) is 0.913. The van der Waals surface area contributed by atoms with Crippen molar-refractivity contribution in [3.05, 3.63) is 29.8 Å². The number of anilines is 1. The first-order valence-corrected chi connectivity index (χ1v) is 7.41. The number of hydrogen-bond acceptors (Lipinski definition) is 3. The van der Waals surface area contributed by atoms with E-state index in [9.17, 15) is 4.79 Å². The Balaban J connectivity index is 1.70. The maximum Gasteiger partial charge on any atom is 0.253 e. The van der Waals surface area contributed by atoms with Crippen LogP contribution in [-0.4, -0.2) is 37.7 Å². The number of rotatable bonds is 3. The molecule has 4 nitrogen and oxygen atoms in total. The van der Waals surface area contributed by atoms with E-state index >= 15 is 0 Å². The van der Waals surface area contributed by atoms with E-state index in [1.807, 2.05) is 30.0 Å². The highest BCUT2D eigenvalue weighted by Crippen LogP contribution is 2.26. The Bertz CT molecular complexity index is 497. The zero-order chi connectivity index (χ0) is 14.0. The van der Waals surface area contributed by atoms with Gasteiger partial charge in [-0.05, 0) is 37.8 Å². The highest BCUT2D eigenvalue weighted by Gasteiger charge is 2.34. The molecule has 0 radical (unpaired) electrons. The Morgan fingerprint density at radius 1 is 1.35 bits per heavy atom. The number of ether oxygens (including phenoxy) is 1. The zero-order valence-corrected chi connectivity index (χ0v) is 12.0. The molecule has 0 unspecified atom stereocenters. The highest BCUT2D eigenvalue weighted by atomic mass is 16.5. The minimum atomic E-state index is -0.166. The van der Waals surface area contributed by atoms with E-state index < -0.39 is 0 Å². The fraction of sp³-hybridized carbons (Fsp3) is 0.562. The Kier molecular flexibility index (Phi) is 3.76. The number of nitrogens with one attached hydrogen (secondary N) is 1. The van der Waals surface area contributed by atoms with Crippen molar-refractivity contribution in [1.29, 1.82) is 0 Å². The van der Waals surface area contributed by atoms with Gasteiger partial charge in [-0.1, -0.05) is 18.2 Å². The second kappa shape index (κ2) is 5.54. The molecule has 1 aromatic carbocycles. The van der Waals surface area contributed by atoms with Gasteiger partial charge in [-0.2, -0.15) is 0 Å². The lowest BCUT2D eigenvalue weighted by atomic mass is 10.0. The van der Waals surface area contributed by atoms with Crippen molar-refractivity contribution >= 4 is 11.6 Å². The van der Waals surface area contributed by atoms with Crippen LogP contribution in [0.15, 0.2) is 24.3 Å². The van der Waals surface area contributed by atoms with Crippen molar-refractivity contribution in [2.75, 3.05) is 31.1 Å². The first-order valence-electron chi connectivity index (χ1n) is 7.41. The van der Waals surface area contributed by atoms with E-state index in [2.05, 4.69) is 11.4 Å². The van der Waals surface area contributed by atoms with Crippen LogP contribution in [0, 0.1) is 0 Å². The standard InChI is InChI=1S/C16H22N2O2/c1-16(11-17-12-16)20-10-15(19)18-9-5-4-7-13-6-2-3-8-14(13)18/h2-3,6,8,17H,4-5,7,9-12H2,1H3. The summed E-state index contributed by atoms with van der Waals surface area (Å²) in [7, 11) is 0. The van der Waals surface area contributed by atoms with Gasteiger partial charge in [0.25, 0.3) is 5.91 Å². The first-order chi connectivity index (χ1) is 9.68. The normalized spacial score (nSPS) is 20.8. The van der Waals surface area contributed by atoms with Crippen LogP contribution in [0.2, 0.25) is 0 Å². The van der Waals surface area contributed by atoms with Gasteiger partial charge < -0.3 is 15.0 Å². The lowest BCUT2D eigenvalue weighted by Gasteiger charge is -2.39. The molecule has 1 amide bonds. The largest absolute Gasteiger partial charge is 0.363 e. The van der Waals surface area contributed by atoms with Crippen molar-refractivity contribution < 1.29 is 9.53 Å². The fourth-order valence-corrected chi connectivity index (χ4v) is 2.84. The number of aryl methyl sites for hydroxylation is 1. The third-order valence-electron chi connectivity index (χ3n) is 4.20. The number of benzene rings is 1. The number of nitrogens with zero attached hydrogens (tertiary/aromatic N) is 1. The minimum absolute atomic E-state index is 0.0764. The topological polar surface area (TPSA) is 41.6 Å². The summed E-state index contributed by atoms with van der Waals surface area (Å²) in [6, 6.07) is 8.22. The molecule has 0 saturated carbocycles. The number of carbonyl (C=O) groups is 1. The van der Waals surface area contributed by atoms with Gasteiger partial charge in [-0.25, -0.2) is 0 Å². The number of amides is 1. The molecule has 2 aliphatic heterocycles. The maximum atomic E-state index is 12.5. The molecule has 2 aliphatic rings. The minimum Gasteiger partial charge on any atom is -0.363 e. The monoisotopic (exact) mass is 274 g/mol. The van der Waals surface area contributed by atoms with Crippen LogP contribution in [0.1, 0.15) is 25.3 Å². The summed E-state index contributed by atoms with van der Waals surface area (Å²) in [6.45, 7) is 4.68. The van der Waals surface area contributed by atoms with E-state index in [0.29, 0.717) is 0 Å². The van der Waals surface area contributed by atoms with Crippen LogP contribution in [0.3, 0.4) is 0 Å². The van der Waals surface area contributed by atoms with E-state index in [1.54, 1.807) is 0 Å². The number of fused-ring (bicyclic) bond motifs is 1. The van der Waals surface area contributed by atoms with Crippen LogP contribution in [-0.2, 0) is 16.0 Å². The molecule has 0 bridgehead atoms. The molecule has 1 aromatic rings. The van der Waals surface area contributed by atoms with Crippen LogP contribution in [0.5, 0.6) is 0 Å². The van der Waals surface area contributed by atoms with Gasteiger partial charge >= 0.3 is 0 Å². The van der Waals surface area contributed by atoms with E-state index in [0.717, 1.165) is 44.6 Å². The Hall–Kier alpha value is -1.39. The third-order valence-corrected chi connectivity index (χ3v) is 4.20. The summed E-state index contributed by atoms with van der Waals surface area (Å²) in [5.74, 6) is 0.0764. The summed E-state index contributed by atoms with van der Waals surface area (Å²) in [4.78, 5) is 14.4. The molecule has 1 N–H and O–H groups in total. The molecule has 1 fully saturated rings. The van der Waals surface area contributed by atoms with Crippen LogP contribution < -0.4 is 10.2 Å². The van der Waals surface area contributed by atoms with Gasteiger partial charge in [-0.3, -0.25) is 4.79 Å². The van der Waals surface area contributed by atoms with Crippen molar-refractivity contribution in [3.63, 3.8) is 0 Å². The molecule has 0 aliphatic carbocycles. The number of hydrogen-bond donors (Lipinski definition) is 1. The lowest BCUT2D eigenvalue weighted by Crippen LogP contribution is -2.59. The Labute approximate surface area is 120 Å². The Morgan fingerprint density at radius 2 is 2.15 bits per heavy atom. The average Bonchev–Trinajstić information content (AvgIpc) is 2.65. The zero-order valence-electron chi connectivity index (χ0n) is 12.0. The smallest absolute Gasteiger partial charge is 0.253 e. The van der Waals surface area contributed by atoms with Crippen LogP contribution in [0.4, 0.5) is 5.69 Å². The Morgan fingerprint density at radius 3 is 2.90 bits per heavy atom. The van der Waals surface area contributed by atoms with Gasteiger partial charge in [0.05, 0.1) is 5.60 Å². The molecule has 4 heteroatoms. The van der Waals surface area contributed by atoms with Gasteiger partial charge in [0.1, 0.15) is 6.61 Å².